The van der Waals surface area contributed by atoms with Crippen LogP contribution in [0.2, 0.25) is 0 Å². The van der Waals surface area contributed by atoms with E-state index < -0.39 is 0 Å². The molecule has 0 saturated heterocycles. The van der Waals surface area contributed by atoms with Crippen molar-refractivity contribution < 1.29 is 9.84 Å². The second-order valence-electron chi connectivity index (χ2n) is 6.07. The third-order valence-electron chi connectivity index (χ3n) is 4.56. The van der Waals surface area contributed by atoms with E-state index in [1.165, 1.54) is 50.0 Å². The van der Waals surface area contributed by atoms with Crippen LogP contribution in [-0.4, -0.2) is 48.5 Å². The van der Waals surface area contributed by atoms with Crippen LogP contribution in [0.15, 0.2) is 0 Å². The molecule has 0 aliphatic heterocycles. The van der Waals surface area contributed by atoms with Crippen molar-refractivity contribution in [2.75, 3.05) is 31.8 Å². The summed E-state index contributed by atoms with van der Waals surface area (Å²) in [5, 5.41) is 13.6. The van der Waals surface area contributed by atoms with Crippen molar-refractivity contribution in [3.05, 3.63) is 0 Å². The fraction of sp³-hybridized carbons (Fsp3) is 1.00. The minimum absolute atomic E-state index is 0.0499. The summed E-state index contributed by atoms with van der Waals surface area (Å²) < 4.78 is 5.07. The average molecular weight is 287 g/mol. The highest BCUT2D eigenvalue weighted by Crippen LogP contribution is 2.40. The molecule has 2 saturated carbocycles. The Balaban J connectivity index is 1.68. The third kappa shape index (κ3) is 4.62. The van der Waals surface area contributed by atoms with E-state index in [0.29, 0.717) is 18.6 Å². The van der Waals surface area contributed by atoms with Gasteiger partial charge < -0.3 is 15.2 Å². The summed E-state index contributed by atoms with van der Waals surface area (Å²) in [6.45, 7) is 1.20. The Bertz CT molecular complexity index is 261. The Morgan fingerprint density at radius 3 is 2.84 bits per heavy atom. The lowest BCUT2D eigenvalue weighted by Crippen LogP contribution is -2.52. The van der Waals surface area contributed by atoms with E-state index in [9.17, 15) is 5.11 Å². The molecule has 0 spiro atoms. The third-order valence-corrected chi connectivity index (χ3v) is 5.66. The predicted molar refractivity (Wildman–Crippen MR) is 81.8 cm³/mol. The summed E-state index contributed by atoms with van der Waals surface area (Å²) in [4.78, 5) is 0. The largest absolute Gasteiger partial charge is 0.394 e. The van der Waals surface area contributed by atoms with Gasteiger partial charge in [-0.2, -0.15) is 11.8 Å². The highest BCUT2D eigenvalue weighted by Gasteiger charge is 2.44. The van der Waals surface area contributed by atoms with Crippen molar-refractivity contribution >= 4 is 11.8 Å². The maximum Gasteiger partial charge on any atom is 0.0616 e. The van der Waals surface area contributed by atoms with Crippen LogP contribution in [0.5, 0.6) is 0 Å². The zero-order valence-electron chi connectivity index (χ0n) is 12.2. The highest BCUT2D eigenvalue weighted by atomic mass is 32.2. The van der Waals surface area contributed by atoms with Gasteiger partial charge in [0.1, 0.15) is 0 Å². The molecule has 2 aliphatic carbocycles. The lowest BCUT2D eigenvalue weighted by Gasteiger charge is -2.35. The number of nitrogens with one attached hydrogen (secondary N) is 1. The van der Waals surface area contributed by atoms with E-state index in [2.05, 4.69) is 5.32 Å². The number of aliphatic hydroxyl groups excluding tert-OH is 1. The van der Waals surface area contributed by atoms with Crippen LogP contribution in [-0.2, 0) is 4.74 Å². The summed E-state index contributed by atoms with van der Waals surface area (Å²) >= 11 is 2.04. The van der Waals surface area contributed by atoms with Crippen molar-refractivity contribution in [1.29, 1.82) is 0 Å². The van der Waals surface area contributed by atoms with Gasteiger partial charge in [-0.05, 0) is 55.9 Å². The quantitative estimate of drug-likeness (QED) is 0.606. The normalized spacial score (nSPS) is 30.9. The number of thioether (sulfide) groups is 1. The number of aliphatic hydroxyl groups is 1. The van der Waals surface area contributed by atoms with Gasteiger partial charge >= 0.3 is 0 Å². The molecule has 4 heteroatoms. The van der Waals surface area contributed by atoms with Crippen LogP contribution in [0.1, 0.15) is 44.9 Å². The van der Waals surface area contributed by atoms with Crippen molar-refractivity contribution in [3.63, 3.8) is 0 Å². The van der Waals surface area contributed by atoms with E-state index in [1.807, 2.05) is 11.8 Å². The van der Waals surface area contributed by atoms with Gasteiger partial charge in [0.2, 0.25) is 0 Å². The molecule has 2 atom stereocenters. The lowest BCUT2D eigenvalue weighted by molar-refractivity contribution is 0.120. The first-order valence-corrected chi connectivity index (χ1v) is 8.91. The summed E-state index contributed by atoms with van der Waals surface area (Å²) in [5.74, 6) is 3.10. The van der Waals surface area contributed by atoms with Crippen molar-refractivity contribution in [1.82, 2.24) is 5.32 Å². The standard InChI is InChI=1S/C15H29NO2S/c1-18-9-3-10-19-11-7-13-4-2-8-15(13,12-17)16-14-5-6-14/h13-14,16-17H,2-12H2,1H3. The first kappa shape index (κ1) is 15.6. The molecule has 2 unspecified atom stereocenters. The molecule has 2 fully saturated rings. The molecular formula is C15H29NO2S. The van der Waals surface area contributed by atoms with Crippen molar-refractivity contribution in [2.24, 2.45) is 5.92 Å². The van der Waals surface area contributed by atoms with Gasteiger partial charge in [-0.25, -0.2) is 0 Å². The van der Waals surface area contributed by atoms with E-state index in [0.717, 1.165) is 13.0 Å². The average Bonchev–Trinajstić information content (AvgIpc) is 3.14. The van der Waals surface area contributed by atoms with Gasteiger partial charge in [0.25, 0.3) is 0 Å². The Hall–Kier alpha value is 0.230. The maximum atomic E-state index is 9.85. The van der Waals surface area contributed by atoms with Gasteiger partial charge in [0.05, 0.1) is 6.61 Å². The van der Waals surface area contributed by atoms with E-state index >= 15 is 0 Å². The molecule has 2 rings (SSSR count). The van der Waals surface area contributed by atoms with Gasteiger partial charge in [0.15, 0.2) is 0 Å². The monoisotopic (exact) mass is 287 g/mol. The molecule has 0 aromatic heterocycles. The summed E-state index contributed by atoms with van der Waals surface area (Å²) in [7, 11) is 1.77. The molecule has 0 amide bonds. The SMILES string of the molecule is COCCCSCCC1CCCC1(CO)NC1CC1. The fourth-order valence-corrected chi connectivity index (χ4v) is 4.25. The minimum atomic E-state index is 0.0499. The molecule has 2 N–H and O–H groups in total. The van der Waals surface area contributed by atoms with Gasteiger partial charge in [-0.1, -0.05) is 6.42 Å². The molecule has 19 heavy (non-hydrogen) atoms. The number of rotatable bonds is 10. The first-order chi connectivity index (χ1) is 9.30. The summed E-state index contributed by atoms with van der Waals surface area (Å²) in [5.41, 5.74) is 0.0499. The number of hydrogen-bond acceptors (Lipinski definition) is 4. The molecule has 112 valence electrons. The molecule has 0 aromatic rings. The predicted octanol–water partition coefficient (Wildman–Crippen LogP) is 2.43. The van der Waals surface area contributed by atoms with E-state index in [4.69, 9.17) is 4.74 Å². The molecular weight excluding hydrogens is 258 g/mol. The smallest absolute Gasteiger partial charge is 0.0616 e. The van der Waals surface area contributed by atoms with Crippen molar-refractivity contribution in [2.45, 2.75) is 56.5 Å². The molecule has 0 bridgehead atoms. The Morgan fingerprint density at radius 2 is 2.16 bits per heavy atom. The van der Waals surface area contributed by atoms with Gasteiger partial charge in [-0.3, -0.25) is 0 Å². The fourth-order valence-electron chi connectivity index (χ4n) is 3.28. The Labute approximate surface area is 121 Å². The first-order valence-electron chi connectivity index (χ1n) is 7.76. The maximum absolute atomic E-state index is 9.85. The van der Waals surface area contributed by atoms with Crippen LogP contribution in [0.4, 0.5) is 0 Å². The van der Waals surface area contributed by atoms with Gasteiger partial charge in [0, 0.05) is 25.3 Å². The second kappa shape index (κ2) is 7.87. The molecule has 3 nitrogen and oxygen atoms in total. The zero-order chi connectivity index (χ0) is 13.6. The van der Waals surface area contributed by atoms with E-state index in [1.54, 1.807) is 7.11 Å². The zero-order valence-corrected chi connectivity index (χ0v) is 13.0. The van der Waals surface area contributed by atoms with Crippen LogP contribution in [0.25, 0.3) is 0 Å². The minimum Gasteiger partial charge on any atom is -0.394 e. The Morgan fingerprint density at radius 1 is 1.32 bits per heavy atom. The van der Waals surface area contributed by atoms with Crippen LogP contribution in [0.3, 0.4) is 0 Å². The van der Waals surface area contributed by atoms with Gasteiger partial charge in [-0.15, -0.1) is 0 Å². The van der Waals surface area contributed by atoms with Crippen LogP contribution in [0, 0.1) is 5.92 Å². The van der Waals surface area contributed by atoms with Crippen LogP contribution >= 0.6 is 11.8 Å². The van der Waals surface area contributed by atoms with E-state index in [-0.39, 0.29) is 5.54 Å². The molecule has 0 aromatic carbocycles. The molecule has 0 heterocycles. The van der Waals surface area contributed by atoms with Crippen LogP contribution < -0.4 is 5.32 Å². The summed E-state index contributed by atoms with van der Waals surface area (Å²) in [6, 6.07) is 0.696. The summed E-state index contributed by atoms with van der Waals surface area (Å²) in [6.07, 6.45) is 8.74. The second-order valence-corrected chi connectivity index (χ2v) is 7.29. The Kier molecular flexibility index (Phi) is 6.46. The highest BCUT2D eigenvalue weighted by molar-refractivity contribution is 7.99. The number of hydrogen-bond donors (Lipinski definition) is 2. The molecule has 0 radical (unpaired) electrons. The lowest BCUT2D eigenvalue weighted by atomic mass is 9.85. The number of methoxy groups -OCH3 is 1. The van der Waals surface area contributed by atoms with Crippen molar-refractivity contribution in [3.8, 4) is 0 Å². The topological polar surface area (TPSA) is 41.5 Å². The molecule has 2 aliphatic rings. The number of ether oxygens (including phenoxy) is 1.